The van der Waals surface area contributed by atoms with Gasteiger partial charge >= 0.3 is 0 Å². The number of allylic oxidation sites excluding steroid dienone is 1. The summed E-state index contributed by atoms with van der Waals surface area (Å²) in [5.41, 5.74) is 0.842. The zero-order valence-corrected chi connectivity index (χ0v) is 11.5. The molecule has 15 heavy (non-hydrogen) atoms. The number of carbonyl (C=O) groups is 1. The predicted molar refractivity (Wildman–Crippen MR) is 67.5 cm³/mol. The Labute approximate surface area is 94.2 Å². The first kappa shape index (κ1) is 14.3. The minimum Gasteiger partial charge on any atom is -0.413 e. The van der Waals surface area contributed by atoms with Crippen LogP contribution < -0.4 is 0 Å². The van der Waals surface area contributed by atoms with E-state index < -0.39 is 8.32 Å². The van der Waals surface area contributed by atoms with E-state index in [1.165, 1.54) is 6.08 Å². The van der Waals surface area contributed by atoms with E-state index in [0.717, 1.165) is 11.9 Å². The number of hydrogen-bond acceptors (Lipinski definition) is 2. The van der Waals surface area contributed by atoms with Crippen LogP contribution in [-0.2, 0) is 9.22 Å². The molecule has 0 radical (unpaired) electrons. The summed E-state index contributed by atoms with van der Waals surface area (Å²) in [6.07, 6.45) is 3.94. The second kappa shape index (κ2) is 5.42. The third kappa shape index (κ3) is 4.58. The summed E-state index contributed by atoms with van der Waals surface area (Å²) in [5.74, 6) is 0. The summed E-state index contributed by atoms with van der Waals surface area (Å²) in [4.78, 5) is 10.3. The Hall–Kier alpha value is -0.673. The lowest BCUT2D eigenvalue weighted by molar-refractivity contribution is -0.104. The third-order valence-corrected chi connectivity index (χ3v) is 7.43. The summed E-state index contributed by atoms with van der Waals surface area (Å²) in [5, 5.41) is 0.195. The molecule has 0 saturated heterocycles. The summed E-state index contributed by atoms with van der Waals surface area (Å²) >= 11 is 0. The van der Waals surface area contributed by atoms with E-state index in [1.54, 1.807) is 6.08 Å². The second-order valence-corrected chi connectivity index (χ2v) is 9.94. The van der Waals surface area contributed by atoms with Crippen molar-refractivity contribution in [3.8, 4) is 0 Å². The van der Waals surface area contributed by atoms with E-state index in [4.69, 9.17) is 4.43 Å². The average Bonchev–Trinajstić information content (AvgIpc) is 2.10. The quantitative estimate of drug-likeness (QED) is 0.311. The van der Waals surface area contributed by atoms with Gasteiger partial charge in [-0.2, -0.15) is 0 Å². The molecule has 0 rings (SSSR count). The Morgan fingerprint density at radius 1 is 1.40 bits per heavy atom. The van der Waals surface area contributed by atoms with Crippen LogP contribution in [0.5, 0.6) is 0 Å². The minimum absolute atomic E-state index is 0.195. The van der Waals surface area contributed by atoms with Crippen LogP contribution in [0.3, 0.4) is 0 Å². The smallest absolute Gasteiger partial charge is 0.192 e. The zero-order valence-electron chi connectivity index (χ0n) is 10.5. The first-order chi connectivity index (χ1) is 6.74. The van der Waals surface area contributed by atoms with Crippen LogP contribution in [0, 0.1) is 0 Å². The van der Waals surface area contributed by atoms with Crippen LogP contribution in [0.4, 0.5) is 0 Å². The molecule has 0 amide bonds. The Bertz CT molecular complexity index is 259. The maximum atomic E-state index is 10.3. The van der Waals surface area contributed by atoms with Crippen LogP contribution in [-0.4, -0.2) is 21.2 Å². The Morgan fingerprint density at radius 2 is 1.93 bits per heavy atom. The Morgan fingerprint density at radius 3 is 2.27 bits per heavy atom. The van der Waals surface area contributed by atoms with E-state index in [2.05, 4.69) is 40.4 Å². The van der Waals surface area contributed by atoms with Crippen molar-refractivity contribution in [1.29, 1.82) is 0 Å². The van der Waals surface area contributed by atoms with Gasteiger partial charge in [0.15, 0.2) is 8.32 Å². The fourth-order valence-corrected chi connectivity index (χ4v) is 1.70. The van der Waals surface area contributed by atoms with E-state index in [1.807, 2.05) is 0 Å². The molecule has 86 valence electrons. The van der Waals surface area contributed by atoms with Gasteiger partial charge in [-0.1, -0.05) is 33.4 Å². The largest absolute Gasteiger partial charge is 0.413 e. The lowest BCUT2D eigenvalue weighted by atomic mass is 10.2. The maximum absolute atomic E-state index is 10.3. The van der Waals surface area contributed by atoms with Crippen LogP contribution in [0.2, 0.25) is 18.1 Å². The molecule has 3 heteroatoms. The Balaban J connectivity index is 4.44. The molecule has 0 aromatic rings. The molecular formula is C12H22O2Si. The van der Waals surface area contributed by atoms with Gasteiger partial charge in [0.2, 0.25) is 0 Å². The molecule has 0 bridgehead atoms. The van der Waals surface area contributed by atoms with Gasteiger partial charge in [0, 0.05) is 0 Å². The highest BCUT2D eigenvalue weighted by Crippen LogP contribution is 2.36. The topological polar surface area (TPSA) is 26.3 Å². The van der Waals surface area contributed by atoms with Gasteiger partial charge in [-0.3, -0.25) is 4.79 Å². The first-order valence-corrected chi connectivity index (χ1v) is 8.06. The molecule has 0 saturated carbocycles. The van der Waals surface area contributed by atoms with Crippen LogP contribution in [0.1, 0.15) is 20.8 Å². The molecule has 0 aliphatic heterocycles. The van der Waals surface area contributed by atoms with E-state index in [9.17, 15) is 4.79 Å². The van der Waals surface area contributed by atoms with Gasteiger partial charge in [-0.15, -0.1) is 0 Å². The fraction of sp³-hybridized carbons (Fsp3) is 0.583. The fourth-order valence-electron chi connectivity index (χ4n) is 0.743. The Kier molecular flexibility index (Phi) is 5.18. The zero-order chi connectivity index (χ0) is 12.1. The van der Waals surface area contributed by atoms with Crippen molar-refractivity contribution in [2.75, 3.05) is 6.61 Å². The molecule has 0 atom stereocenters. The van der Waals surface area contributed by atoms with Gasteiger partial charge in [0.05, 0.1) is 6.61 Å². The van der Waals surface area contributed by atoms with Gasteiger partial charge in [-0.05, 0) is 29.8 Å². The molecule has 0 aliphatic rings. The van der Waals surface area contributed by atoms with Crippen molar-refractivity contribution in [3.63, 3.8) is 0 Å². The van der Waals surface area contributed by atoms with Crippen LogP contribution >= 0.6 is 0 Å². The van der Waals surface area contributed by atoms with Crippen molar-refractivity contribution in [2.24, 2.45) is 0 Å². The van der Waals surface area contributed by atoms with Crippen molar-refractivity contribution in [1.82, 2.24) is 0 Å². The van der Waals surface area contributed by atoms with Crippen LogP contribution in [0.25, 0.3) is 0 Å². The lowest BCUT2D eigenvalue weighted by Crippen LogP contribution is -2.41. The SMILES string of the molecule is C=C/C(=C\C=O)CO[Si](C)(C)C(C)(C)C. The third-order valence-electron chi connectivity index (χ3n) is 2.95. The van der Waals surface area contributed by atoms with Crippen molar-refractivity contribution >= 4 is 14.6 Å². The molecule has 2 nitrogen and oxygen atoms in total. The van der Waals surface area contributed by atoms with Crippen molar-refractivity contribution in [2.45, 2.75) is 38.9 Å². The van der Waals surface area contributed by atoms with Crippen LogP contribution in [0.15, 0.2) is 24.3 Å². The highest BCUT2D eigenvalue weighted by molar-refractivity contribution is 6.74. The molecule has 0 heterocycles. The van der Waals surface area contributed by atoms with Gasteiger partial charge in [0.25, 0.3) is 0 Å². The summed E-state index contributed by atoms with van der Waals surface area (Å²) in [6.45, 7) is 15.1. The van der Waals surface area contributed by atoms with Gasteiger partial charge < -0.3 is 4.43 Å². The predicted octanol–water partition coefficient (Wildman–Crippen LogP) is 3.32. The number of hydrogen-bond donors (Lipinski definition) is 0. The van der Waals surface area contributed by atoms with Crippen molar-refractivity contribution in [3.05, 3.63) is 24.3 Å². The number of carbonyl (C=O) groups excluding carboxylic acids is 1. The number of rotatable bonds is 5. The van der Waals surface area contributed by atoms with Gasteiger partial charge in [0.1, 0.15) is 6.29 Å². The summed E-state index contributed by atoms with van der Waals surface area (Å²) in [6, 6.07) is 0. The van der Waals surface area contributed by atoms with E-state index in [0.29, 0.717) is 6.61 Å². The molecule has 0 unspecified atom stereocenters. The monoisotopic (exact) mass is 226 g/mol. The molecule has 0 aliphatic carbocycles. The maximum Gasteiger partial charge on any atom is 0.192 e. The number of aldehydes is 1. The first-order valence-electron chi connectivity index (χ1n) is 5.15. The molecular weight excluding hydrogens is 204 g/mol. The highest BCUT2D eigenvalue weighted by atomic mass is 28.4. The van der Waals surface area contributed by atoms with E-state index in [-0.39, 0.29) is 5.04 Å². The lowest BCUT2D eigenvalue weighted by Gasteiger charge is -2.36. The molecule has 0 N–H and O–H groups in total. The summed E-state index contributed by atoms with van der Waals surface area (Å²) in [7, 11) is -1.72. The second-order valence-electron chi connectivity index (χ2n) is 5.13. The normalized spacial score (nSPS) is 13.8. The molecule has 0 aromatic heterocycles. The summed E-state index contributed by atoms with van der Waals surface area (Å²) < 4.78 is 5.94. The molecule has 0 aromatic carbocycles. The van der Waals surface area contributed by atoms with Crippen molar-refractivity contribution < 1.29 is 9.22 Å². The standard InChI is InChI=1S/C12H22O2Si/c1-7-11(8-9-13)10-14-15(5,6)12(2,3)4/h7-9H,1,10H2,2-6H3/b11-8+. The average molecular weight is 226 g/mol. The minimum atomic E-state index is -1.72. The highest BCUT2D eigenvalue weighted by Gasteiger charge is 2.36. The molecule has 0 spiro atoms. The van der Waals surface area contributed by atoms with Gasteiger partial charge in [-0.25, -0.2) is 0 Å². The molecule has 0 fully saturated rings. The van der Waals surface area contributed by atoms with E-state index >= 15 is 0 Å².